The molecular formula is C26H21F4N5O. The van der Waals surface area contributed by atoms with Gasteiger partial charge in [-0.25, -0.2) is 24.3 Å². The first-order chi connectivity index (χ1) is 17.3. The van der Waals surface area contributed by atoms with Gasteiger partial charge in [-0.05, 0) is 54.3 Å². The van der Waals surface area contributed by atoms with Gasteiger partial charge in [-0.1, -0.05) is 18.2 Å². The SMILES string of the molecule is CC(Nc1ncnc2c(C3=CCOCC3)cc(-c3ccc(F)cc3)cc12)c1cnc(C(F)(F)F)nc1. The first kappa shape index (κ1) is 23.8. The number of anilines is 1. The zero-order chi connectivity index (χ0) is 25.3. The molecule has 1 unspecified atom stereocenters. The Morgan fingerprint density at radius 2 is 1.72 bits per heavy atom. The number of aromatic nitrogens is 4. The Kier molecular flexibility index (Phi) is 6.36. The summed E-state index contributed by atoms with van der Waals surface area (Å²) < 4.78 is 57.6. The molecule has 184 valence electrons. The molecule has 1 N–H and O–H groups in total. The number of fused-ring (bicyclic) bond motifs is 1. The van der Waals surface area contributed by atoms with Crippen molar-refractivity contribution in [3.8, 4) is 11.1 Å². The minimum Gasteiger partial charge on any atom is -0.377 e. The van der Waals surface area contributed by atoms with Crippen LogP contribution in [0.1, 0.15) is 36.3 Å². The number of nitrogens with one attached hydrogen (secondary N) is 1. The molecule has 0 saturated carbocycles. The fraction of sp³-hybridized carbons (Fsp3) is 0.231. The zero-order valence-electron chi connectivity index (χ0n) is 19.2. The molecule has 1 aliphatic rings. The molecule has 2 aromatic carbocycles. The fourth-order valence-electron chi connectivity index (χ4n) is 4.10. The van der Waals surface area contributed by atoms with Gasteiger partial charge in [0, 0.05) is 28.9 Å². The molecule has 0 amide bonds. The van der Waals surface area contributed by atoms with Crippen molar-refractivity contribution in [2.75, 3.05) is 18.5 Å². The fourth-order valence-corrected chi connectivity index (χ4v) is 4.10. The second-order valence-corrected chi connectivity index (χ2v) is 8.41. The Morgan fingerprint density at radius 1 is 0.972 bits per heavy atom. The number of benzene rings is 2. The zero-order valence-corrected chi connectivity index (χ0v) is 19.2. The Bertz CT molecular complexity index is 1420. The molecule has 5 rings (SSSR count). The summed E-state index contributed by atoms with van der Waals surface area (Å²) in [5.74, 6) is -1.01. The van der Waals surface area contributed by atoms with Crippen LogP contribution in [0.15, 0.2) is 61.2 Å². The van der Waals surface area contributed by atoms with Gasteiger partial charge in [0.1, 0.15) is 18.0 Å². The first-order valence-electron chi connectivity index (χ1n) is 11.3. The van der Waals surface area contributed by atoms with Crippen LogP contribution in [0, 0.1) is 5.82 Å². The monoisotopic (exact) mass is 495 g/mol. The number of nitrogens with zero attached hydrogens (tertiary/aromatic N) is 4. The molecule has 36 heavy (non-hydrogen) atoms. The van der Waals surface area contributed by atoms with Crippen molar-refractivity contribution in [2.45, 2.75) is 25.6 Å². The van der Waals surface area contributed by atoms with E-state index in [1.807, 2.05) is 18.2 Å². The number of halogens is 4. The molecule has 0 saturated heterocycles. The molecule has 1 aliphatic heterocycles. The second-order valence-electron chi connectivity index (χ2n) is 8.41. The first-order valence-corrected chi connectivity index (χ1v) is 11.3. The number of alkyl halides is 3. The topological polar surface area (TPSA) is 72.8 Å². The molecule has 0 aliphatic carbocycles. The summed E-state index contributed by atoms with van der Waals surface area (Å²) in [6.07, 6.45) is 1.88. The molecule has 0 bridgehead atoms. The van der Waals surface area contributed by atoms with Crippen LogP contribution in [0.4, 0.5) is 23.4 Å². The molecule has 2 aromatic heterocycles. The highest BCUT2D eigenvalue weighted by molar-refractivity contribution is 6.00. The van der Waals surface area contributed by atoms with Crippen LogP contribution in [0.5, 0.6) is 0 Å². The largest absolute Gasteiger partial charge is 0.451 e. The van der Waals surface area contributed by atoms with Crippen LogP contribution in [0.3, 0.4) is 0 Å². The molecule has 4 aromatic rings. The molecule has 1 atom stereocenters. The van der Waals surface area contributed by atoms with E-state index in [-0.39, 0.29) is 5.82 Å². The summed E-state index contributed by atoms with van der Waals surface area (Å²) in [6.45, 7) is 2.87. The van der Waals surface area contributed by atoms with E-state index in [1.54, 1.807) is 19.1 Å². The van der Waals surface area contributed by atoms with Gasteiger partial charge in [-0.15, -0.1) is 0 Å². The van der Waals surface area contributed by atoms with Crippen molar-refractivity contribution in [1.82, 2.24) is 19.9 Å². The van der Waals surface area contributed by atoms with Crippen molar-refractivity contribution in [3.05, 3.63) is 84.0 Å². The van der Waals surface area contributed by atoms with E-state index < -0.39 is 18.0 Å². The van der Waals surface area contributed by atoms with Crippen LogP contribution >= 0.6 is 0 Å². The van der Waals surface area contributed by atoms with Crippen LogP contribution in [-0.4, -0.2) is 33.1 Å². The normalized spacial score (nSPS) is 15.0. The van der Waals surface area contributed by atoms with Crippen LogP contribution in [-0.2, 0) is 10.9 Å². The van der Waals surface area contributed by atoms with Crippen LogP contribution < -0.4 is 5.32 Å². The van der Waals surface area contributed by atoms with Gasteiger partial charge in [0.25, 0.3) is 0 Å². The average Bonchev–Trinajstić information content (AvgIpc) is 2.89. The van der Waals surface area contributed by atoms with E-state index in [0.717, 1.165) is 45.6 Å². The lowest BCUT2D eigenvalue weighted by atomic mass is 9.93. The molecule has 0 radical (unpaired) electrons. The quantitative estimate of drug-likeness (QED) is 0.332. The number of rotatable bonds is 5. The van der Waals surface area contributed by atoms with Crippen molar-refractivity contribution < 1.29 is 22.3 Å². The van der Waals surface area contributed by atoms with Crippen LogP contribution in [0.25, 0.3) is 27.6 Å². The minimum absolute atomic E-state index is 0.329. The van der Waals surface area contributed by atoms with Gasteiger partial charge in [0.15, 0.2) is 0 Å². The second kappa shape index (κ2) is 9.62. The molecule has 3 heterocycles. The summed E-state index contributed by atoms with van der Waals surface area (Å²) in [6, 6.07) is 9.72. The maximum atomic E-state index is 13.6. The third kappa shape index (κ3) is 4.90. The number of ether oxygens (including phenoxy) is 1. The molecule has 0 fully saturated rings. The maximum Gasteiger partial charge on any atom is 0.451 e. The Balaban J connectivity index is 1.58. The summed E-state index contributed by atoms with van der Waals surface area (Å²) >= 11 is 0. The van der Waals surface area contributed by atoms with E-state index in [0.29, 0.717) is 31.0 Å². The van der Waals surface area contributed by atoms with Gasteiger partial charge in [-0.3, -0.25) is 0 Å². The van der Waals surface area contributed by atoms with Gasteiger partial charge in [0.05, 0.1) is 24.8 Å². The summed E-state index contributed by atoms with van der Waals surface area (Å²) in [7, 11) is 0. The Labute approximate surface area is 204 Å². The molecule has 6 nitrogen and oxygen atoms in total. The van der Waals surface area contributed by atoms with E-state index in [4.69, 9.17) is 4.74 Å². The lowest BCUT2D eigenvalue weighted by Crippen LogP contribution is -2.14. The van der Waals surface area contributed by atoms with E-state index >= 15 is 0 Å². The smallest absolute Gasteiger partial charge is 0.377 e. The Morgan fingerprint density at radius 3 is 2.39 bits per heavy atom. The highest BCUT2D eigenvalue weighted by atomic mass is 19.4. The molecule has 0 spiro atoms. The molecule has 10 heteroatoms. The highest BCUT2D eigenvalue weighted by Crippen LogP contribution is 2.36. The maximum absolute atomic E-state index is 13.6. The van der Waals surface area contributed by atoms with E-state index in [2.05, 4.69) is 25.3 Å². The van der Waals surface area contributed by atoms with Gasteiger partial charge >= 0.3 is 6.18 Å². The van der Waals surface area contributed by atoms with Crippen molar-refractivity contribution in [3.63, 3.8) is 0 Å². The standard InChI is InChI=1S/C26H21F4N5O/c1-15(19-12-31-25(32-13-19)26(28,29)30)35-24-22-11-18(16-2-4-20(27)5-3-16)10-21(23(22)33-14-34-24)17-6-8-36-9-7-17/h2-6,10-15H,7-9H2,1H3,(H,33,34,35). The third-order valence-corrected chi connectivity index (χ3v) is 6.00. The van der Waals surface area contributed by atoms with Crippen molar-refractivity contribution in [1.29, 1.82) is 0 Å². The summed E-state index contributed by atoms with van der Waals surface area (Å²) in [5, 5.41) is 3.98. The predicted octanol–water partition coefficient (Wildman–Crippen LogP) is 6.22. The van der Waals surface area contributed by atoms with Gasteiger partial charge < -0.3 is 10.1 Å². The number of hydrogen-bond donors (Lipinski definition) is 1. The van der Waals surface area contributed by atoms with E-state index in [1.165, 1.54) is 18.5 Å². The third-order valence-electron chi connectivity index (χ3n) is 6.00. The van der Waals surface area contributed by atoms with Crippen molar-refractivity contribution in [2.24, 2.45) is 0 Å². The lowest BCUT2D eigenvalue weighted by molar-refractivity contribution is -0.145. The average molecular weight is 495 g/mol. The minimum atomic E-state index is -4.61. The van der Waals surface area contributed by atoms with Gasteiger partial charge in [-0.2, -0.15) is 13.2 Å². The Hall–Kier alpha value is -3.92. The highest BCUT2D eigenvalue weighted by Gasteiger charge is 2.34. The summed E-state index contributed by atoms with van der Waals surface area (Å²) in [5.41, 5.74) is 4.88. The van der Waals surface area contributed by atoms with E-state index in [9.17, 15) is 17.6 Å². The molecular weight excluding hydrogens is 474 g/mol. The van der Waals surface area contributed by atoms with Crippen LogP contribution in [0.2, 0.25) is 0 Å². The summed E-state index contributed by atoms with van der Waals surface area (Å²) in [4.78, 5) is 15.9. The lowest BCUT2D eigenvalue weighted by Gasteiger charge is -2.20. The predicted molar refractivity (Wildman–Crippen MR) is 127 cm³/mol. The van der Waals surface area contributed by atoms with Crippen molar-refractivity contribution >= 4 is 22.3 Å². The number of hydrogen-bond acceptors (Lipinski definition) is 6. The van der Waals surface area contributed by atoms with Gasteiger partial charge in [0.2, 0.25) is 5.82 Å².